The molecule has 138 valence electrons. The van der Waals surface area contributed by atoms with Crippen molar-refractivity contribution < 1.29 is 4.79 Å². The van der Waals surface area contributed by atoms with E-state index in [1.165, 1.54) is 0 Å². The lowest BCUT2D eigenvalue weighted by Gasteiger charge is -2.29. The topological polar surface area (TPSA) is 81.8 Å². The summed E-state index contributed by atoms with van der Waals surface area (Å²) in [4.78, 5) is 24.3. The zero-order valence-corrected chi connectivity index (χ0v) is 15.3. The molecule has 4 rings (SSSR count). The molecule has 2 saturated carbocycles. The molecule has 2 aliphatic carbocycles. The van der Waals surface area contributed by atoms with Crippen molar-refractivity contribution in [1.29, 1.82) is 0 Å². The Bertz CT molecular complexity index is 872. The van der Waals surface area contributed by atoms with Crippen LogP contribution in [-0.4, -0.2) is 31.5 Å². The predicted octanol–water partition coefficient (Wildman–Crippen LogP) is 2.06. The highest BCUT2D eigenvalue weighted by Gasteiger charge is 2.32. The first kappa shape index (κ1) is 17.0. The zero-order valence-electron chi connectivity index (χ0n) is 15.3. The second kappa shape index (κ2) is 6.70. The van der Waals surface area contributed by atoms with Crippen molar-refractivity contribution >= 4 is 5.91 Å². The van der Waals surface area contributed by atoms with E-state index in [9.17, 15) is 9.59 Å². The molecule has 0 atom stereocenters. The molecule has 7 nitrogen and oxygen atoms in total. The maximum Gasteiger partial charge on any atom is 0.267 e. The molecule has 2 aromatic heterocycles. The number of carbonyl (C=O) groups is 1. The first-order valence-electron chi connectivity index (χ1n) is 9.45. The average Bonchev–Trinajstić information content (AvgIpc) is 3.41. The zero-order chi connectivity index (χ0) is 18.3. The third-order valence-electron chi connectivity index (χ3n) is 5.37. The number of hydrogen-bond donors (Lipinski definition) is 1. The molecule has 7 heteroatoms. The van der Waals surface area contributed by atoms with Gasteiger partial charge >= 0.3 is 0 Å². The average molecular weight is 355 g/mol. The Morgan fingerprint density at radius 2 is 1.81 bits per heavy atom. The minimum atomic E-state index is -0.0826. The standard InChI is InChI=1S/C19H25N5O2/c1-12-11-13(2)23(21-12)17-9-10-18(25)24(22-17)16-7-5-15(6-8-16)20-19(26)14-3-4-14/h9-11,14-16H,3-8H2,1-2H3,(H,20,26). The Morgan fingerprint density at radius 1 is 1.08 bits per heavy atom. The molecule has 0 aliphatic heterocycles. The summed E-state index contributed by atoms with van der Waals surface area (Å²) >= 11 is 0. The van der Waals surface area contributed by atoms with Crippen molar-refractivity contribution in [1.82, 2.24) is 24.9 Å². The third kappa shape index (κ3) is 3.43. The van der Waals surface area contributed by atoms with Gasteiger partial charge in [-0.1, -0.05) is 0 Å². The quantitative estimate of drug-likeness (QED) is 0.910. The molecule has 0 spiro atoms. The Morgan fingerprint density at radius 3 is 2.42 bits per heavy atom. The number of rotatable bonds is 4. The van der Waals surface area contributed by atoms with E-state index in [1.54, 1.807) is 21.5 Å². The van der Waals surface area contributed by atoms with Gasteiger partial charge < -0.3 is 5.32 Å². The lowest BCUT2D eigenvalue weighted by Crippen LogP contribution is -2.40. The number of hydrogen-bond acceptors (Lipinski definition) is 4. The van der Waals surface area contributed by atoms with Crippen molar-refractivity contribution in [3.63, 3.8) is 0 Å². The van der Waals surface area contributed by atoms with E-state index in [0.29, 0.717) is 5.82 Å². The molecule has 0 saturated heterocycles. The van der Waals surface area contributed by atoms with E-state index >= 15 is 0 Å². The molecular formula is C19H25N5O2. The number of aromatic nitrogens is 4. The van der Waals surface area contributed by atoms with Crippen molar-refractivity contribution in [2.75, 3.05) is 0 Å². The third-order valence-corrected chi connectivity index (χ3v) is 5.37. The van der Waals surface area contributed by atoms with Gasteiger partial charge in [0.25, 0.3) is 5.56 Å². The van der Waals surface area contributed by atoms with Crippen LogP contribution in [0.25, 0.3) is 5.82 Å². The summed E-state index contributed by atoms with van der Waals surface area (Å²) in [6, 6.07) is 5.59. The van der Waals surface area contributed by atoms with Crippen LogP contribution < -0.4 is 10.9 Å². The van der Waals surface area contributed by atoms with Crippen LogP contribution in [0.4, 0.5) is 0 Å². The van der Waals surface area contributed by atoms with E-state index in [4.69, 9.17) is 0 Å². The van der Waals surface area contributed by atoms with Gasteiger partial charge in [0, 0.05) is 23.7 Å². The Labute approximate surface area is 152 Å². The molecule has 2 aliphatic rings. The summed E-state index contributed by atoms with van der Waals surface area (Å²) in [5.74, 6) is 1.11. The van der Waals surface area contributed by atoms with E-state index in [2.05, 4.69) is 15.5 Å². The second-order valence-electron chi connectivity index (χ2n) is 7.60. The highest BCUT2D eigenvalue weighted by molar-refractivity contribution is 5.81. The summed E-state index contributed by atoms with van der Waals surface area (Å²) in [6.07, 6.45) is 5.54. The highest BCUT2D eigenvalue weighted by Crippen LogP contribution is 2.31. The summed E-state index contributed by atoms with van der Waals surface area (Å²) in [6.45, 7) is 3.92. The molecule has 2 fully saturated rings. The molecule has 0 bridgehead atoms. The van der Waals surface area contributed by atoms with Gasteiger partial charge in [-0.2, -0.15) is 5.10 Å². The maximum atomic E-state index is 12.4. The van der Waals surface area contributed by atoms with Crippen LogP contribution in [0.2, 0.25) is 0 Å². The largest absolute Gasteiger partial charge is 0.353 e. The monoisotopic (exact) mass is 355 g/mol. The van der Waals surface area contributed by atoms with Crippen LogP contribution in [0, 0.1) is 19.8 Å². The Hall–Kier alpha value is -2.44. The predicted molar refractivity (Wildman–Crippen MR) is 97.3 cm³/mol. The van der Waals surface area contributed by atoms with Gasteiger partial charge in [-0.25, -0.2) is 9.36 Å². The van der Waals surface area contributed by atoms with Gasteiger partial charge in [-0.15, -0.1) is 5.10 Å². The summed E-state index contributed by atoms with van der Waals surface area (Å²) in [5.41, 5.74) is 1.83. The summed E-state index contributed by atoms with van der Waals surface area (Å²) in [7, 11) is 0. The molecule has 2 aromatic rings. The van der Waals surface area contributed by atoms with Crippen LogP contribution in [0.15, 0.2) is 23.0 Å². The van der Waals surface area contributed by atoms with Gasteiger partial charge in [0.15, 0.2) is 5.82 Å². The summed E-state index contributed by atoms with van der Waals surface area (Å²) in [5, 5.41) is 12.2. The van der Waals surface area contributed by atoms with Gasteiger partial charge in [-0.3, -0.25) is 9.59 Å². The number of aryl methyl sites for hydroxylation is 2. The fraction of sp³-hybridized carbons (Fsp3) is 0.579. The summed E-state index contributed by atoms with van der Waals surface area (Å²) < 4.78 is 3.37. The molecule has 0 aromatic carbocycles. The normalized spacial score (nSPS) is 23.0. The van der Waals surface area contributed by atoms with Crippen LogP contribution >= 0.6 is 0 Å². The van der Waals surface area contributed by atoms with Crippen LogP contribution in [0.5, 0.6) is 0 Å². The first-order valence-corrected chi connectivity index (χ1v) is 9.45. The Balaban J connectivity index is 1.48. The van der Waals surface area contributed by atoms with E-state index in [1.807, 2.05) is 19.9 Å². The molecule has 1 amide bonds. The van der Waals surface area contributed by atoms with Gasteiger partial charge in [0.2, 0.25) is 5.91 Å². The fourth-order valence-corrected chi connectivity index (χ4v) is 3.78. The molecular weight excluding hydrogens is 330 g/mol. The lowest BCUT2D eigenvalue weighted by atomic mass is 9.91. The molecule has 0 radical (unpaired) electrons. The van der Waals surface area contributed by atoms with Crippen LogP contribution in [0.1, 0.15) is 56.0 Å². The molecule has 1 N–H and O–H groups in total. The minimum absolute atomic E-state index is 0.0773. The number of nitrogens with zero attached hydrogens (tertiary/aromatic N) is 4. The lowest BCUT2D eigenvalue weighted by molar-refractivity contribution is -0.123. The first-order chi connectivity index (χ1) is 12.5. The van der Waals surface area contributed by atoms with E-state index in [-0.39, 0.29) is 29.5 Å². The van der Waals surface area contributed by atoms with Crippen molar-refractivity contribution in [3.8, 4) is 5.82 Å². The fourth-order valence-electron chi connectivity index (χ4n) is 3.78. The molecule has 2 heterocycles. The Kier molecular flexibility index (Phi) is 4.38. The SMILES string of the molecule is Cc1cc(C)n(-c2ccc(=O)n(C3CCC(NC(=O)C4CC4)CC3)n2)n1. The number of nitrogens with one attached hydrogen (secondary N) is 1. The number of amides is 1. The highest BCUT2D eigenvalue weighted by atomic mass is 16.2. The van der Waals surface area contributed by atoms with Crippen molar-refractivity contribution in [3.05, 3.63) is 39.9 Å². The maximum absolute atomic E-state index is 12.4. The van der Waals surface area contributed by atoms with Gasteiger partial charge in [-0.05, 0) is 64.5 Å². The molecule has 26 heavy (non-hydrogen) atoms. The molecule has 0 unspecified atom stereocenters. The number of carbonyl (C=O) groups excluding carboxylic acids is 1. The minimum Gasteiger partial charge on any atom is -0.353 e. The second-order valence-corrected chi connectivity index (χ2v) is 7.60. The van der Waals surface area contributed by atoms with Crippen molar-refractivity contribution in [2.45, 2.75) is 64.5 Å². The van der Waals surface area contributed by atoms with E-state index < -0.39 is 0 Å². The van der Waals surface area contributed by atoms with Crippen LogP contribution in [0.3, 0.4) is 0 Å². The van der Waals surface area contributed by atoms with Gasteiger partial charge in [0.05, 0.1) is 11.7 Å². The van der Waals surface area contributed by atoms with E-state index in [0.717, 1.165) is 49.9 Å². The van der Waals surface area contributed by atoms with Gasteiger partial charge in [0.1, 0.15) is 0 Å². The van der Waals surface area contributed by atoms with Crippen molar-refractivity contribution in [2.24, 2.45) is 5.92 Å². The van der Waals surface area contributed by atoms with Crippen LogP contribution in [-0.2, 0) is 4.79 Å². The smallest absolute Gasteiger partial charge is 0.267 e.